The van der Waals surface area contributed by atoms with Gasteiger partial charge in [0.1, 0.15) is 11.1 Å². The summed E-state index contributed by atoms with van der Waals surface area (Å²) in [4.78, 5) is 19.1. The number of aromatic nitrogens is 2. The van der Waals surface area contributed by atoms with Crippen molar-refractivity contribution >= 4 is 34.2 Å². The highest BCUT2D eigenvalue weighted by Gasteiger charge is 2.23. The zero-order valence-electron chi connectivity index (χ0n) is 12.4. The lowest BCUT2D eigenvalue weighted by Gasteiger charge is -2.20. The Morgan fingerprint density at radius 2 is 2.00 bits per heavy atom. The second kappa shape index (κ2) is 6.02. The number of fused-ring (bicyclic) bond motifs is 1. The molecule has 0 N–H and O–H groups in total. The molecule has 0 aliphatic heterocycles. The van der Waals surface area contributed by atoms with Crippen molar-refractivity contribution in [2.45, 2.75) is 26.4 Å². The van der Waals surface area contributed by atoms with Gasteiger partial charge in [0, 0.05) is 0 Å². The Balaban J connectivity index is 3.00. The predicted octanol–water partition coefficient (Wildman–Crippen LogP) is 2.94. The topological polar surface area (TPSA) is 106 Å². The van der Waals surface area contributed by atoms with E-state index < -0.39 is 10.6 Å². The van der Waals surface area contributed by atoms with Crippen molar-refractivity contribution in [1.82, 2.24) is 9.66 Å². The van der Waals surface area contributed by atoms with Gasteiger partial charge in [-0.1, -0.05) is 23.2 Å². The van der Waals surface area contributed by atoms with Gasteiger partial charge in [0.15, 0.2) is 5.03 Å². The largest absolute Gasteiger partial charge is 0.469 e. The van der Waals surface area contributed by atoms with E-state index in [1.165, 1.54) is 18.3 Å². The Bertz CT molecular complexity index is 909. The summed E-state index contributed by atoms with van der Waals surface area (Å²) in [5.74, 6) is -0.151. The first-order valence-corrected chi connectivity index (χ1v) is 7.08. The molecule has 0 fully saturated rings. The van der Waals surface area contributed by atoms with Crippen molar-refractivity contribution in [3.63, 3.8) is 0 Å². The minimum atomic E-state index is -0.736. The van der Waals surface area contributed by atoms with E-state index in [0.29, 0.717) is 4.68 Å². The number of nitriles is 1. The molecule has 0 spiro atoms. The third-order valence-corrected chi connectivity index (χ3v) is 3.30. The van der Waals surface area contributed by atoms with Crippen LogP contribution < -0.4 is 10.2 Å². The van der Waals surface area contributed by atoms with Gasteiger partial charge >= 0.3 is 0 Å². The van der Waals surface area contributed by atoms with Gasteiger partial charge in [-0.3, -0.25) is 0 Å². The van der Waals surface area contributed by atoms with Crippen molar-refractivity contribution in [3.05, 3.63) is 37.8 Å². The minimum Gasteiger partial charge on any atom is -0.469 e. The van der Waals surface area contributed by atoms with Crippen LogP contribution in [0.2, 0.25) is 10.0 Å². The molecule has 0 saturated heterocycles. The third kappa shape index (κ3) is 3.52. The Hall–Kier alpha value is -2.37. The van der Waals surface area contributed by atoms with Gasteiger partial charge in [0.05, 0.1) is 15.6 Å². The highest BCUT2D eigenvalue weighted by molar-refractivity contribution is 6.42. The smallest absolute Gasteiger partial charge is 0.273 e. The second-order valence-electron chi connectivity index (χ2n) is 5.47. The van der Waals surface area contributed by atoms with Gasteiger partial charge in [-0.2, -0.15) is 5.26 Å². The molecule has 0 bridgehead atoms. The van der Waals surface area contributed by atoms with Crippen molar-refractivity contribution in [2.75, 3.05) is 0 Å². The molecule has 0 amide bonds. The van der Waals surface area contributed by atoms with Crippen LogP contribution in [0.4, 0.5) is 0 Å². The van der Waals surface area contributed by atoms with E-state index in [4.69, 9.17) is 33.2 Å². The van der Waals surface area contributed by atoms with E-state index in [9.17, 15) is 10.1 Å². The lowest BCUT2D eigenvalue weighted by Crippen LogP contribution is -2.34. The molecule has 0 aliphatic rings. The summed E-state index contributed by atoms with van der Waals surface area (Å²) in [7, 11) is 0. The summed E-state index contributed by atoms with van der Waals surface area (Å²) in [6.45, 7) is 5.21. The number of rotatable bonds is 2. The molecule has 1 heterocycles. The van der Waals surface area contributed by atoms with Gasteiger partial charge in [-0.15, -0.1) is 4.99 Å². The average molecular weight is 356 g/mol. The fourth-order valence-electron chi connectivity index (χ4n) is 1.82. The first-order chi connectivity index (χ1) is 10.6. The molecule has 120 valence electrons. The van der Waals surface area contributed by atoms with E-state index in [0.717, 1.165) is 0 Å². The van der Waals surface area contributed by atoms with Crippen molar-refractivity contribution in [1.29, 1.82) is 5.26 Å². The highest BCUT2D eigenvalue weighted by Crippen LogP contribution is 2.27. The molecule has 1 aromatic heterocycles. The van der Waals surface area contributed by atoms with Gasteiger partial charge < -0.3 is 4.74 Å². The summed E-state index contributed by atoms with van der Waals surface area (Å²) < 4.78 is 6.19. The normalized spacial score (nSPS) is 12.3. The molecular weight excluding hydrogens is 345 g/mol. The van der Waals surface area contributed by atoms with Crippen LogP contribution in [0.25, 0.3) is 11.0 Å². The number of nitrogens with zero attached hydrogens (tertiary/aromatic N) is 5. The highest BCUT2D eigenvalue weighted by atomic mass is 35.5. The van der Waals surface area contributed by atoms with E-state index >= 15 is 0 Å². The van der Waals surface area contributed by atoms with E-state index in [1.807, 2.05) is 0 Å². The molecule has 0 saturated carbocycles. The lowest BCUT2D eigenvalue weighted by molar-refractivity contribution is -0.541. The molecule has 23 heavy (non-hydrogen) atoms. The molecule has 2 rings (SSSR count). The molecule has 1 aromatic carbocycles. The van der Waals surface area contributed by atoms with Crippen LogP contribution in [0.15, 0.2) is 17.1 Å². The summed E-state index contributed by atoms with van der Waals surface area (Å²) in [6, 6.07) is 2.66. The van der Waals surface area contributed by atoms with Crippen LogP contribution in [0.3, 0.4) is 0 Å². The molecule has 2 aromatic rings. The van der Waals surface area contributed by atoms with Gasteiger partial charge in [-0.05, 0) is 37.6 Å². The van der Waals surface area contributed by atoms with Gasteiger partial charge in [0.2, 0.25) is 6.19 Å². The van der Waals surface area contributed by atoms with Crippen LogP contribution in [0, 0.1) is 21.6 Å². The van der Waals surface area contributed by atoms with Crippen molar-refractivity contribution < 1.29 is 9.77 Å². The molecule has 0 atom stereocenters. The Kier molecular flexibility index (Phi) is 4.45. The van der Waals surface area contributed by atoms with Crippen LogP contribution >= 0.6 is 23.2 Å². The minimum absolute atomic E-state index is 0.0414. The fraction of sp³-hybridized carbons (Fsp3) is 0.308. The summed E-state index contributed by atoms with van der Waals surface area (Å²) in [6.07, 6.45) is 1.52. The average Bonchev–Trinajstić information content (AvgIpc) is 2.40. The summed E-state index contributed by atoms with van der Waals surface area (Å²) >= 11 is 11.9. The predicted molar refractivity (Wildman–Crippen MR) is 83.7 cm³/mol. The molecule has 0 unspecified atom stereocenters. The SMILES string of the molecule is CC(C)(C)Oc1nc2cc(Cl)c(Cl)cc2n([N+](=O)[O-])/c1=N\C#N. The first kappa shape index (κ1) is 17.0. The monoisotopic (exact) mass is 355 g/mol. The number of nitro groups is 1. The maximum Gasteiger partial charge on any atom is 0.273 e. The van der Waals surface area contributed by atoms with E-state index in [2.05, 4.69) is 9.98 Å². The van der Waals surface area contributed by atoms with Crippen LogP contribution in [0.5, 0.6) is 5.88 Å². The van der Waals surface area contributed by atoms with Crippen LogP contribution in [-0.2, 0) is 0 Å². The maximum absolute atomic E-state index is 11.5. The lowest BCUT2D eigenvalue weighted by atomic mass is 10.2. The number of hydrogen-bond acceptors (Lipinski definition) is 6. The van der Waals surface area contributed by atoms with Crippen molar-refractivity contribution in [2.24, 2.45) is 4.99 Å². The molecule has 10 heteroatoms. The van der Waals surface area contributed by atoms with Crippen LogP contribution in [-0.4, -0.2) is 20.3 Å². The van der Waals surface area contributed by atoms with Gasteiger partial charge in [0.25, 0.3) is 11.4 Å². The molecule has 0 aliphatic carbocycles. The number of ether oxygens (including phenoxy) is 1. The first-order valence-electron chi connectivity index (χ1n) is 6.32. The summed E-state index contributed by atoms with van der Waals surface area (Å²) in [5, 5.41) is 19.9. The van der Waals surface area contributed by atoms with E-state index in [1.54, 1.807) is 20.8 Å². The second-order valence-corrected chi connectivity index (χ2v) is 6.29. The van der Waals surface area contributed by atoms with Crippen molar-refractivity contribution in [3.8, 4) is 12.1 Å². The van der Waals surface area contributed by atoms with Crippen LogP contribution in [0.1, 0.15) is 20.8 Å². The fourth-order valence-corrected chi connectivity index (χ4v) is 2.13. The number of halogens is 2. The maximum atomic E-state index is 11.5. The number of hydrogen-bond donors (Lipinski definition) is 0. The zero-order chi connectivity index (χ0) is 17.4. The quantitative estimate of drug-likeness (QED) is 0.467. The number of benzene rings is 1. The van der Waals surface area contributed by atoms with Gasteiger partial charge in [-0.25, -0.2) is 15.1 Å². The van der Waals surface area contributed by atoms with E-state index in [-0.39, 0.29) is 32.4 Å². The molecule has 0 radical (unpaired) electrons. The molecular formula is C13H11Cl2N5O3. The standard InChI is InChI=1S/C13H11Cl2N5O3/c1-13(2,3)23-12-11(17-6-16)19(20(21)22)10-5-8(15)7(14)4-9(10)18-12/h4-5H,1-3H3/b17-11-. The Morgan fingerprint density at radius 1 is 1.39 bits per heavy atom. The Labute approximate surface area is 140 Å². The Morgan fingerprint density at radius 3 is 2.52 bits per heavy atom. The summed E-state index contributed by atoms with van der Waals surface area (Å²) in [5.41, 5.74) is -0.810. The molecule has 8 nitrogen and oxygen atoms in total. The zero-order valence-corrected chi connectivity index (χ0v) is 13.9. The third-order valence-electron chi connectivity index (χ3n) is 2.58.